The summed E-state index contributed by atoms with van der Waals surface area (Å²) in [6, 6.07) is 3.47. The van der Waals surface area contributed by atoms with Crippen LogP contribution in [0.15, 0.2) is 16.9 Å². The van der Waals surface area contributed by atoms with Crippen LogP contribution in [0, 0.1) is 5.92 Å². The van der Waals surface area contributed by atoms with Gasteiger partial charge in [0.25, 0.3) is 11.5 Å². The second kappa shape index (κ2) is 5.50. The molecule has 3 heterocycles. The molecule has 4 rings (SSSR count). The molecule has 3 aliphatic rings. The molecule has 1 amide bonds. The van der Waals surface area contributed by atoms with Gasteiger partial charge in [-0.1, -0.05) is 0 Å². The molecule has 1 aromatic rings. The van der Waals surface area contributed by atoms with Crippen molar-refractivity contribution in [3.05, 3.63) is 28.2 Å². The highest BCUT2D eigenvalue weighted by molar-refractivity contribution is 5.81. The summed E-state index contributed by atoms with van der Waals surface area (Å²) in [5.74, 6) is 0.983. The predicted octanol–water partition coefficient (Wildman–Crippen LogP) is 0.758. The monoisotopic (exact) mass is 303 g/mol. The fraction of sp³-hybridized carbons (Fsp3) is 0.688. The minimum atomic E-state index is -0.236. The van der Waals surface area contributed by atoms with E-state index in [1.54, 1.807) is 10.7 Å². The predicted molar refractivity (Wildman–Crippen MR) is 79.5 cm³/mol. The number of amides is 1. The molecule has 0 N–H and O–H groups in total. The van der Waals surface area contributed by atoms with Gasteiger partial charge in [-0.25, -0.2) is 4.68 Å². The number of ether oxygens (including phenoxy) is 1. The zero-order valence-electron chi connectivity index (χ0n) is 12.6. The lowest BCUT2D eigenvalue weighted by atomic mass is 9.99. The zero-order valence-corrected chi connectivity index (χ0v) is 12.6. The first kappa shape index (κ1) is 13.9. The molecule has 1 saturated carbocycles. The molecule has 118 valence electrons. The topological polar surface area (TPSA) is 64.4 Å². The van der Waals surface area contributed by atoms with Crippen LogP contribution in [0.1, 0.15) is 37.3 Å². The summed E-state index contributed by atoms with van der Waals surface area (Å²) in [5, 5.41) is 4.48. The van der Waals surface area contributed by atoms with Crippen molar-refractivity contribution in [1.82, 2.24) is 14.7 Å². The highest BCUT2D eigenvalue weighted by Crippen LogP contribution is 2.38. The van der Waals surface area contributed by atoms with Crippen LogP contribution in [-0.2, 0) is 16.1 Å². The number of carbonyl (C=O) groups is 1. The minimum Gasteiger partial charge on any atom is -0.368 e. The van der Waals surface area contributed by atoms with Gasteiger partial charge in [0.15, 0.2) is 0 Å². The third-order valence-corrected chi connectivity index (χ3v) is 4.79. The first-order valence-corrected chi connectivity index (χ1v) is 8.19. The Balaban J connectivity index is 1.35. The summed E-state index contributed by atoms with van der Waals surface area (Å²) in [6.07, 6.45) is 3.93. The molecule has 22 heavy (non-hydrogen) atoms. The number of hydrogen-bond donors (Lipinski definition) is 0. The van der Waals surface area contributed by atoms with Gasteiger partial charge in [0.05, 0.1) is 12.2 Å². The fourth-order valence-electron chi connectivity index (χ4n) is 3.28. The fourth-order valence-corrected chi connectivity index (χ4v) is 3.28. The third kappa shape index (κ3) is 2.67. The molecule has 2 aliphatic heterocycles. The Hall–Kier alpha value is -1.69. The van der Waals surface area contributed by atoms with Gasteiger partial charge in [0.2, 0.25) is 0 Å². The Morgan fingerprint density at radius 1 is 1.27 bits per heavy atom. The highest BCUT2D eigenvalue weighted by Gasteiger charge is 2.36. The zero-order chi connectivity index (χ0) is 15.1. The highest BCUT2D eigenvalue weighted by atomic mass is 16.5. The molecule has 1 atom stereocenters. The van der Waals surface area contributed by atoms with Crippen LogP contribution in [0.25, 0.3) is 0 Å². The van der Waals surface area contributed by atoms with Crippen molar-refractivity contribution in [2.45, 2.75) is 44.2 Å². The third-order valence-electron chi connectivity index (χ3n) is 4.79. The SMILES string of the molecule is O=C(C1CCCO1)N1CC(Cn2nc(C3CC3)ccc2=O)C1. The van der Waals surface area contributed by atoms with Crippen LogP contribution >= 0.6 is 0 Å². The summed E-state index contributed by atoms with van der Waals surface area (Å²) in [6.45, 7) is 2.72. The maximum atomic E-state index is 12.2. The molecule has 0 radical (unpaired) electrons. The molecule has 3 fully saturated rings. The van der Waals surface area contributed by atoms with Crippen molar-refractivity contribution < 1.29 is 9.53 Å². The number of rotatable bonds is 4. The standard InChI is InChI=1S/C16H21N3O3/c20-15-6-5-13(12-3-4-12)17-19(15)10-11-8-18(9-11)16(21)14-2-1-7-22-14/h5-6,11-12,14H,1-4,7-10H2. The van der Waals surface area contributed by atoms with Gasteiger partial charge in [-0.3, -0.25) is 9.59 Å². The van der Waals surface area contributed by atoms with E-state index in [0.29, 0.717) is 38.1 Å². The van der Waals surface area contributed by atoms with Crippen molar-refractivity contribution in [3.8, 4) is 0 Å². The molecule has 1 unspecified atom stereocenters. The Kier molecular flexibility index (Phi) is 3.48. The summed E-state index contributed by atoms with van der Waals surface area (Å²) in [5.41, 5.74) is 0.986. The van der Waals surface area contributed by atoms with Gasteiger partial charge in [-0.05, 0) is 31.7 Å². The first-order chi connectivity index (χ1) is 10.7. The molecular weight excluding hydrogens is 282 g/mol. The van der Waals surface area contributed by atoms with E-state index in [1.165, 1.54) is 12.8 Å². The van der Waals surface area contributed by atoms with Crippen LogP contribution in [0.2, 0.25) is 0 Å². The summed E-state index contributed by atoms with van der Waals surface area (Å²) in [7, 11) is 0. The number of hydrogen-bond acceptors (Lipinski definition) is 4. The molecule has 0 bridgehead atoms. The summed E-state index contributed by atoms with van der Waals surface area (Å²) < 4.78 is 7.01. The molecule has 2 saturated heterocycles. The van der Waals surface area contributed by atoms with E-state index in [-0.39, 0.29) is 17.6 Å². The Morgan fingerprint density at radius 2 is 2.09 bits per heavy atom. The van der Waals surface area contributed by atoms with Gasteiger partial charge >= 0.3 is 0 Å². The first-order valence-electron chi connectivity index (χ1n) is 8.19. The normalized spacial score (nSPS) is 25.3. The average Bonchev–Trinajstić information content (AvgIpc) is 3.18. The molecule has 0 spiro atoms. The Morgan fingerprint density at radius 3 is 2.77 bits per heavy atom. The van der Waals surface area contributed by atoms with Gasteiger partial charge in [-0.2, -0.15) is 5.10 Å². The van der Waals surface area contributed by atoms with Crippen molar-refractivity contribution in [2.75, 3.05) is 19.7 Å². The van der Waals surface area contributed by atoms with E-state index >= 15 is 0 Å². The van der Waals surface area contributed by atoms with E-state index in [4.69, 9.17) is 4.74 Å². The van der Waals surface area contributed by atoms with E-state index in [9.17, 15) is 9.59 Å². The maximum absolute atomic E-state index is 12.2. The van der Waals surface area contributed by atoms with Crippen molar-refractivity contribution in [2.24, 2.45) is 5.92 Å². The van der Waals surface area contributed by atoms with Crippen LogP contribution in [0.5, 0.6) is 0 Å². The van der Waals surface area contributed by atoms with Crippen molar-refractivity contribution in [3.63, 3.8) is 0 Å². The summed E-state index contributed by atoms with van der Waals surface area (Å²) in [4.78, 5) is 25.9. The number of aromatic nitrogens is 2. The van der Waals surface area contributed by atoms with E-state index in [1.807, 2.05) is 11.0 Å². The smallest absolute Gasteiger partial charge is 0.266 e. The molecular formula is C16H21N3O3. The van der Waals surface area contributed by atoms with Crippen LogP contribution < -0.4 is 5.56 Å². The average molecular weight is 303 g/mol. The largest absolute Gasteiger partial charge is 0.368 e. The van der Waals surface area contributed by atoms with E-state index in [2.05, 4.69) is 5.10 Å². The van der Waals surface area contributed by atoms with Gasteiger partial charge in [-0.15, -0.1) is 0 Å². The van der Waals surface area contributed by atoms with Crippen LogP contribution in [0.4, 0.5) is 0 Å². The van der Waals surface area contributed by atoms with Crippen LogP contribution in [0.3, 0.4) is 0 Å². The molecule has 6 heteroatoms. The molecule has 1 aliphatic carbocycles. The number of carbonyl (C=O) groups excluding carboxylic acids is 1. The second-order valence-electron chi connectivity index (χ2n) is 6.66. The molecule has 1 aromatic heterocycles. The maximum Gasteiger partial charge on any atom is 0.266 e. The van der Waals surface area contributed by atoms with Gasteiger partial charge in [0, 0.05) is 37.6 Å². The van der Waals surface area contributed by atoms with Gasteiger partial charge < -0.3 is 9.64 Å². The number of nitrogens with zero attached hydrogens (tertiary/aromatic N) is 3. The quantitative estimate of drug-likeness (QED) is 0.824. The van der Waals surface area contributed by atoms with Crippen molar-refractivity contribution in [1.29, 1.82) is 0 Å². The van der Waals surface area contributed by atoms with E-state index < -0.39 is 0 Å². The Bertz CT molecular complexity index is 626. The van der Waals surface area contributed by atoms with Gasteiger partial charge in [0.1, 0.15) is 6.10 Å². The lowest BCUT2D eigenvalue weighted by Gasteiger charge is -2.40. The minimum absolute atomic E-state index is 0.0479. The summed E-state index contributed by atoms with van der Waals surface area (Å²) >= 11 is 0. The lowest BCUT2D eigenvalue weighted by molar-refractivity contribution is -0.147. The lowest BCUT2D eigenvalue weighted by Crippen LogP contribution is -2.55. The van der Waals surface area contributed by atoms with Crippen molar-refractivity contribution >= 4 is 5.91 Å². The number of likely N-dealkylation sites (tertiary alicyclic amines) is 1. The molecule has 6 nitrogen and oxygen atoms in total. The Labute approximate surface area is 129 Å². The van der Waals surface area contributed by atoms with Crippen LogP contribution in [-0.4, -0.2) is 46.4 Å². The van der Waals surface area contributed by atoms with E-state index in [0.717, 1.165) is 18.5 Å². The second-order valence-corrected chi connectivity index (χ2v) is 6.66. The molecule has 0 aromatic carbocycles.